The van der Waals surface area contributed by atoms with Crippen molar-refractivity contribution in [1.82, 2.24) is 30.0 Å². The summed E-state index contributed by atoms with van der Waals surface area (Å²) in [5.41, 5.74) is 2.40. The number of hydrogen-bond acceptors (Lipinski definition) is 8. The zero-order valence-electron chi connectivity index (χ0n) is 21.9. The Kier molecular flexibility index (Phi) is 6.78. The molecular formula is C28H30N8O2. The molecule has 1 fully saturated rings. The van der Waals surface area contributed by atoms with Gasteiger partial charge in [-0.3, -0.25) is 14.5 Å². The van der Waals surface area contributed by atoms with Gasteiger partial charge in [-0.1, -0.05) is 6.07 Å². The van der Waals surface area contributed by atoms with Gasteiger partial charge in [0.1, 0.15) is 17.1 Å². The molecule has 0 radical (unpaired) electrons. The first-order valence-corrected chi connectivity index (χ1v) is 12.6. The molecule has 0 unspecified atom stereocenters. The van der Waals surface area contributed by atoms with Crippen molar-refractivity contribution in [3.63, 3.8) is 0 Å². The summed E-state index contributed by atoms with van der Waals surface area (Å²) in [7, 11) is 0. The molecule has 5 rings (SSSR count). The van der Waals surface area contributed by atoms with Crippen molar-refractivity contribution < 1.29 is 9.53 Å². The number of aromatic nitrogens is 5. The number of morpholine rings is 1. The van der Waals surface area contributed by atoms with Gasteiger partial charge < -0.3 is 15.0 Å². The molecule has 0 aromatic carbocycles. The topological polar surface area (TPSA) is 122 Å². The van der Waals surface area contributed by atoms with Crippen molar-refractivity contribution in [3.05, 3.63) is 66.2 Å². The van der Waals surface area contributed by atoms with Crippen LogP contribution in [0.25, 0.3) is 22.3 Å². The molecule has 5 heterocycles. The fourth-order valence-corrected chi connectivity index (χ4v) is 4.47. The molecule has 10 heteroatoms. The number of anilines is 1. The summed E-state index contributed by atoms with van der Waals surface area (Å²) in [6.07, 6.45) is 3.67. The Balaban J connectivity index is 1.32. The number of amides is 1. The quantitative estimate of drug-likeness (QED) is 0.417. The van der Waals surface area contributed by atoms with E-state index >= 15 is 0 Å². The van der Waals surface area contributed by atoms with Gasteiger partial charge in [0.2, 0.25) is 0 Å². The zero-order valence-corrected chi connectivity index (χ0v) is 21.9. The van der Waals surface area contributed by atoms with Gasteiger partial charge in [-0.15, -0.1) is 0 Å². The molecule has 1 aliphatic rings. The number of nitrogens with one attached hydrogen (secondary N) is 1. The third kappa shape index (κ3) is 5.33. The molecule has 0 bridgehead atoms. The minimum Gasteiger partial charge on any atom is -0.372 e. The molecule has 1 aliphatic heterocycles. The van der Waals surface area contributed by atoms with E-state index in [1.807, 2.05) is 36.4 Å². The lowest BCUT2D eigenvalue weighted by Gasteiger charge is -2.36. The van der Waals surface area contributed by atoms with Crippen molar-refractivity contribution in [3.8, 4) is 17.5 Å². The van der Waals surface area contributed by atoms with E-state index in [1.165, 1.54) is 4.68 Å². The Morgan fingerprint density at radius 3 is 2.66 bits per heavy atom. The molecule has 4 aromatic rings. The van der Waals surface area contributed by atoms with Crippen LogP contribution in [0.3, 0.4) is 0 Å². The average molecular weight is 511 g/mol. The van der Waals surface area contributed by atoms with Crippen LogP contribution in [0.5, 0.6) is 0 Å². The van der Waals surface area contributed by atoms with Gasteiger partial charge >= 0.3 is 0 Å². The van der Waals surface area contributed by atoms with Gasteiger partial charge in [0.05, 0.1) is 47.4 Å². The van der Waals surface area contributed by atoms with E-state index < -0.39 is 5.54 Å². The second-order valence-corrected chi connectivity index (χ2v) is 10.1. The molecule has 194 valence electrons. The van der Waals surface area contributed by atoms with E-state index in [-0.39, 0.29) is 30.4 Å². The normalized spacial score (nSPS) is 17.8. The Morgan fingerprint density at radius 1 is 1.13 bits per heavy atom. The first kappa shape index (κ1) is 25.3. The second-order valence-electron chi connectivity index (χ2n) is 10.1. The van der Waals surface area contributed by atoms with E-state index in [0.717, 1.165) is 41.2 Å². The molecule has 1 N–H and O–H groups in total. The van der Waals surface area contributed by atoms with E-state index in [0.29, 0.717) is 5.69 Å². The number of nitriles is 1. The predicted octanol–water partition coefficient (Wildman–Crippen LogP) is 3.69. The maximum Gasteiger partial charge on any atom is 0.272 e. The molecule has 1 amide bonds. The minimum atomic E-state index is -0.838. The SMILES string of the molecule is C[C@@H]1CN(c2cccc(-c3ccc4cnc(CNC(=O)c5ccn(C(C)(C)C#N)n5)cc4n3)n2)C[C@H](C)O1. The second kappa shape index (κ2) is 10.2. The van der Waals surface area contributed by atoms with E-state index in [9.17, 15) is 10.1 Å². The summed E-state index contributed by atoms with van der Waals surface area (Å²) >= 11 is 0. The van der Waals surface area contributed by atoms with Crippen LogP contribution in [-0.2, 0) is 16.8 Å². The van der Waals surface area contributed by atoms with Crippen LogP contribution >= 0.6 is 0 Å². The largest absolute Gasteiger partial charge is 0.372 e. The van der Waals surface area contributed by atoms with Crippen LogP contribution in [0.15, 0.2) is 54.9 Å². The highest BCUT2D eigenvalue weighted by atomic mass is 16.5. The third-order valence-electron chi connectivity index (χ3n) is 6.47. The first-order valence-electron chi connectivity index (χ1n) is 12.6. The predicted molar refractivity (Wildman–Crippen MR) is 143 cm³/mol. The van der Waals surface area contributed by atoms with Crippen LogP contribution < -0.4 is 10.2 Å². The highest BCUT2D eigenvalue weighted by molar-refractivity contribution is 5.92. The fourth-order valence-electron chi connectivity index (χ4n) is 4.47. The van der Waals surface area contributed by atoms with Crippen molar-refractivity contribution in [2.24, 2.45) is 0 Å². The Bertz CT molecular complexity index is 1510. The number of rotatable bonds is 6. The minimum absolute atomic E-state index is 0.148. The zero-order chi connectivity index (χ0) is 26.9. The molecule has 10 nitrogen and oxygen atoms in total. The van der Waals surface area contributed by atoms with E-state index in [1.54, 1.807) is 32.3 Å². The van der Waals surface area contributed by atoms with Crippen molar-refractivity contribution in [2.75, 3.05) is 18.0 Å². The third-order valence-corrected chi connectivity index (χ3v) is 6.47. The fraction of sp³-hybridized carbons (Fsp3) is 0.357. The monoisotopic (exact) mass is 510 g/mol. The van der Waals surface area contributed by atoms with Gasteiger partial charge in [-0.2, -0.15) is 10.4 Å². The summed E-state index contributed by atoms with van der Waals surface area (Å²) in [5, 5.41) is 17.3. The molecular weight excluding hydrogens is 480 g/mol. The van der Waals surface area contributed by atoms with E-state index in [4.69, 9.17) is 14.7 Å². The van der Waals surface area contributed by atoms with E-state index in [2.05, 4.69) is 40.2 Å². The van der Waals surface area contributed by atoms with Crippen molar-refractivity contribution >= 4 is 22.6 Å². The lowest BCUT2D eigenvalue weighted by Crippen LogP contribution is -2.45. The molecule has 1 saturated heterocycles. The summed E-state index contributed by atoms with van der Waals surface area (Å²) in [6, 6.07) is 15.5. The maximum atomic E-state index is 12.6. The molecule has 0 aliphatic carbocycles. The first-order chi connectivity index (χ1) is 18.2. The smallest absolute Gasteiger partial charge is 0.272 e. The Labute approximate surface area is 221 Å². The number of ether oxygens (including phenoxy) is 1. The lowest BCUT2D eigenvalue weighted by atomic mass is 10.1. The number of carbonyl (C=O) groups excluding carboxylic acids is 1. The average Bonchev–Trinajstić information content (AvgIpc) is 3.42. The van der Waals surface area contributed by atoms with Crippen LogP contribution in [0.1, 0.15) is 43.9 Å². The number of nitrogens with zero attached hydrogens (tertiary/aromatic N) is 7. The lowest BCUT2D eigenvalue weighted by molar-refractivity contribution is -0.00545. The summed E-state index contributed by atoms with van der Waals surface area (Å²) in [6.45, 7) is 9.43. The molecule has 4 aromatic heterocycles. The molecule has 0 saturated carbocycles. The van der Waals surface area contributed by atoms with Crippen molar-refractivity contribution in [1.29, 1.82) is 5.26 Å². The van der Waals surface area contributed by atoms with Gasteiger partial charge in [0.25, 0.3) is 5.91 Å². The van der Waals surface area contributed by atoms with Crippen molar-refractivity contribution in [2.45, 2.75) is 52.0 Å². The molecule has 2 atom stereocenters. The highest BCUT2D eigenvalue weighted by Gasteiger charge is 2.24. The van der Waals surface area contributed by atoms with Gasteiger partial charge in [0, 0.05) is 30.9 Å². The number of carbonyl (C=O) groups is 1. The number of pyridine rings is 3. The maximum absolute atomic E-state index is 12.6. The Morgan fingerprint density at radius 2 is 1.89 bits per heavy atom. The summed E-state index contributed by atoms with van der Waals surface area (Å²) in [4.78, 5) is 29.1. The van der Waals surface area contributed by atoms with Crippen LogP contribution in [-0.4, -0.2) is 55.9 Å². The van der Waals surface area contributed by atoms with Gasteiger partial charge in [-0.05, 0) is 64.1 Å². The van der Waals surface area contributed by atoms with Crippen LogP contribution in [0.4, 0.5) is 5.82 Å². The summed E-state index contributed by atoms with van der Waals surface area (Å²) < 4.78 is 7.34. The van der Waals surface area contributed by atoms with Crippen LogP contribution in [0.2, 0.25) is 0 Å². The number of hydrogen-bond donors (Lipinski definition) is 1. The molecule has 38 heavy (non-hydrogen) atoms. The molecule has 0 spiro atoms. The van der Waals surface area contributed by atoms with Crippen LogP contribution in [0, 0.1) is 11.3 Å². The summed E-state index contributed by atoms with van der Waals surface area (Å²) in [5.74, 6) is 0.569. The number of fused-ring (bicyclic) bond motifs is 1. The Hall–Kier alpha value is -4.36. The van der Waals surface area contributed by atoms with Gasteiger partial charge in [-0.25, -0.2) is 9.97 Å². The highest BCUT2D eigenvalue weighted by Crippen LogP contribution is 2.24. The van der Waals surface area contributed by atoms with Gasteiger partial charge in [0.15, 0.2) is 0 Å². The standard InChI is InChI=1S/C28H30N8O2/c1-18-15-35(16-19(2)38-18)26-7-5-6-22(33-26)23-9-8-20-13-30-21(12-25(20)32-23)14-31-27(37)24-10-11-36(34-24)28(3,4)17-29/h5-13,18-19H,14-16H2,1-4H3,(H,31,37)/t18-,19+.